The molecule has 0 bridgehead atoms. The van der Waals surface area contributed by atoms with E-state index in [1.165, 1.54) is 33.5 Å². The number of hydrogen-bond acceptors (Lipinski definition) is 7. The number of fused-ring (bicyclic) bond motifs is 1. The highest BCUT2D eigenvalue weighted by molar-refractivity contribution is 6.03. The van der Waals surface area contributed by atoms with Crippen molar-refractivity contribution in [1.29, 1.82) is 0 Å². The highest BCUT2D eigenvalue weighted by Crippen LogP contribution is 2.49. The Labute approximate surface area is 148 Å². The summed E-state index contributed by atoms with van der Waals surface area (Å²) in [5, 5.41) is 9.69. The van der Waals surface area contributed by atoms with Crippen LogP contribution >= 0.6 is 0 Å². The van der Waals surface area contributed by atoms with Crippen molar-refractivity contribution in [2.24, 2.45) is 0 Å². The van der Waals surface area contributed by atoms with Crippen molar-refractivity contribution < 1.29 is 38.4 Å². The van der Waals surface area contributed by atoms with Gasteiger partial charge in [0, 0.05) is 16.7 Å². The van der Waals surface area contributed by atoms with E-state index in [2.05, 4.69) is 0 Å². The van der Waals surface area contributed by atoms with E-state index in [1.54, 1.807) is 6.07 Å². The van der Waals surface area contributed by atoms with Gasteiger partial charge < -0.3 is 28.8 Å². The first-order valence-electron chi connectivity index (χ1n) is 7.51. The molecule has 3 rings (SSSR count). The van der Waals surface area contributed by atoms with E-state index in [4.69, 9.17) is 23.7 Å². The van der Waals surface area contributed by atoms with Gasteiger partial charge in [-0.2, -0.15) is 0 Å². The van der Waals surface area contributed by atoms with Gasteiger partial charge in [0.15, 0.2) is 29.3 Å². The van der Waals surface area contributed by atoms with Crippen LogP contribution in [0.2, 0.25) is 0 Å². The van der Waals surface area contributed by atoms with Crippen LogP contribution in [0.5, 0.6) is 28.7 Å². The number of carbonyl (C=O) groups excluding carboxylic acids is 1. The van der Waals surface area contributed by atoms with Crippen molar-refractivity contribution >= 4 is 12.3 Å². The molecule has 0 saturated heterocycles. The largest absolute Gasteiger partial charge is 0.493 e. The summed E-state index contributed by atoms with van der Waals surface area (Å²) >= 11 is 0. The summed E-state index contributed by atoms with van der Waals surface area (Å²) in [5.41, 5.74) is 0.612. The summed E-state index contributed by atoms with van der Waals surface area (Å²) in [4.78, 5) is 23.5. The number of carbonyl (C=O) groups is 2. The van der Waals surface area contributed by atoms with Crippen LogP contribution in [0.3, 0.4) is 0 Å². The second-order valence-corrected chi connectivity index (χ2v) is 5.28. The van der Waals surface area contributed by atoms with Crippen LogP contribution in [-0.4, -0.2) is 45.5 Å². The highest BCUT2D eigenvalue weighted by atomic mass is 16.7. The molecule has 0 aliphatic carbocycles. The highest BCUT2D eigenvalue weighted by Gasteiger charge is 2.28. The molecule has 0 fully saturated rings. The van der Waals surface area contributed by atoms with Crippen molar-refractivity contribution in [3.8, 4) is 39.9 Å². The second kappa shape index (κ2) is 6.83. The van der Waals surface area contributed by atoms with Crippen molar-refractivity contribution in [3.63, 3.8) is 0 Å². The van der Waals surface area contributed by atoms with Crippen LogP contribution in [0, 0.1) is 0 Å². The monoisotopic (exact) mass is 360 g/mol. The van der Waals surface area contributed by atoms with E-state index in [0.29, 0.717) is 23.3 Å². The van der Waals surface area contributed by atoms with Crippen LogP contribution in [0.4, 0.5) is 0 Å². The van der Waals surface area contributed by atoms with Crippen LogP contribution in [0.15, 0.2) is 18.2 Å². The second-order valence-electron chi connectivity index (χ2n) is 5.28. The molecule has 1 N–H and O–H groups in total. The van der Waals surface area contributed by atoms with Crippen LogP contribution in [0.1, 0.15) is 20.7 Å². The quantitative estimate of drug-likeness (QED) is 0.785. The van der Waals surface area contributed by atoms with E-state index >= 15 is 0 Å². The summed E-state index contributed by atoms with van der Waals surface area (Å²) in [6.07, 6.45) is 0.610. The molecule has 0 saturated carbocycles. The first-order valence-corrected chi connectivity index (χ1v) is 7.51. The Balaban J connectivity index is 2.41. The number of aldehydes is 1. The molecular formula is C18H16O8. The Hall–Kier alpha value is -3.42. The number of rotatable bonds is 6. The zero-order valence-electron chi connectivity index (χ0n) is 14.3. The van der Waals surface area contributed by atoms with Gasteiger partial charge in [0.25, 0.3) is 0 Å². The molecule has 0 spiro atoms. The number of aromatic carboxylic acids is 1. The molecule has 8 heteroatoms. The molecule has 0 radical (unpaired) electrons. The molecule has 2 aromatic carbocycles. The van der Waals surface area contributed by atoms with E-state index in [1.807, 2.05) is 0 Å². The van der Waals surface area contributed by atoms with Crippen molar-refractivity contribution in [1.82, 2.24) is 0 Å². The molecule has 2 aromatic rings. The third kappa shape index (κ3) is 2.65. The SMILES string of the molecule is COc1cc(C(=O)O)c(-c2cc3c(cc2C=O)OCO3)c(OC)c1OC. The fraction of sp³-hybridized carbons (Fsp3) is 0.222. The smallest absolute Gasteiger partial charge is 0.336 e. The normalized spacial score (nSPS) is 11.8. The van der Waals surface area contributed by atoms with Gasteiger partial charge in [-0.05, 0) is 18.2 Å². The fourth-order valence-electron chi connectivity index (χ4n) is 2.86. The Kier molecular flexibility index (Phi) is 4.57. The van der Waals surface area contributed by atoms with Gasteiger partial charge in [-0.25, -0.2) is 4.79 Å². The lowest BCUT2D eigenvalue weighted by Crippen LogP contribution is -2.06. The lowest BCUT2D eigenvalue weighted by atomic mass is 9.93. The van der Waals surface area contributed by atoms with Gasteiger partial charge in [0.05, 0.1) is 26.9 Å². The fourth-order valence-corrected chi connectivity index (χ4v) is 2.86. The maximum Gasteiger partial charge on any atom is 0.336 e. The topological polar surface area (TPSA) is 101 Å². The van der Waals surface area contributed by atoms with Crippen molar-refractivity contribution in [2.45, 2.75) is 0 Å². The van der Waals surface area contributed by atoms with E-state index in [0.717, 1.165) is 0 Å². The molecule has 0 aromatic heterocycles. The van der Waals surface area contributed by atoms with Gasteiger partial charge in [0.1, 0.15) is 0 Å². The minimum atomic E-state index is -1.21. The number of hydrogen-bond donors (Lipinski definition) is 1. The predicted molar refractivity (Wildman–Crippen MR) is 90.0 cm³/mol. The minimum Gasteiger partial charge on any atom is -0.493 e. The Bertz CT molecular complexity index is 887. The molecule has 0 atom stereocenters. The Morgan fingerprint density at radius 1 is 1.04 bits per heavy atom. The molecule has 0 unspecified atom stereocenters. The van der Waals surface area contributed by atoms with Gasteiger partial charge in [-0.3, -0.25) is 4.79 Å². The summed E-state index contributed by atoms with van der Waals surface area (Å²) in [5.74, 6) is 0.134. The average Bonchev–Trinajstić information content (AvgIpc) is 3.12. The molecule has 0 amide bonds. The number of carboxylic acids is 1. The van der Waals surface area contributed by atoms with E-state index in [-0.39, 0.29) is 40.7 Å². The molecule has 1 heterocycles. The van der Waals surface area contributed by atoms with Gasteiger partial charge in [-0.15, -0.1) is 0 Å². The van der Waals surface area contributed by atoms with Crippen LogP contribution in [0.25, 0.3) is 11.1 Å². The van der Waals surface area contributed by atoms with Crippen molar-refractivity contribution in [3.05, 3.63) is 29.3 Å². The molecule has 136 valence electrons. The third-order valence-electron chi connectivity index (χ3n) is 4.00. The third-order valence-corrected chi connectivity index (χ3v) is 4.00. The van der Waals surface area contributed by atoms with Gasteiger partial charge in [0.2, 0.25) is 12.5 Å². The number of benzene rings is 2. The summed E-state index contributed by atoms with van der Waals surface area (Å²) in [6.45, 7) is 0.0198. The zero-order valence-corrected chi connectivity index (χ0v) is 14.3. The Morgan fingerprint density at radius 2 is 1.69 bits per heavy atom. The standard InChI is InChI=1S/C18H16O8/c1-22-14-6-11(18(20)21)15(17(24-3)16(14)23-2)10-5-13-12(25-8-26-13)4-9(10)7-19/h4-7H,8H2,1-3H3,(H,20,21). The summed E-state index contributed by atoms with van der Waals surface area (Å²) in [7, 11) is 4.17. The van der Waals surface area contributed by atoms with Crippen LogP contribution in [-0.2, 0) is 0 Å². The maximum atomic E-state index is 11.9. The van der Waals surface area contributed by atoms with Gasteiger partial charge >= 0.3 is 5.97 Å². The van der Waals surface area contributed by atoms with Crippen LogP contribution < -0.4 is 23.7 Å². The molecule has 26 heavy (non-hydrogen) atoms. The molecule has 1 aliphatic heterocycles. The first-order chi connectivity index (χ1) is 12.5. The minimum absolute atomic E-state index is 0.0198. The average molecular weight is 360 g/mol. The van der Waals surface area contributed by atoms with E-state index < -0.39 is 5.97 Å². The maximum absolute atomic E-state index is 11.9. The predicted octanol–water partition coefficient (Wildman–Crippen LogP) is 2.62. The molecular weight excluding hydrogens is 344 g/mol. The lowest BCUT2D eigenvalue weighted by Gasteiger charge is -2.19. The number of methoxy groups -OCH3 is 3. The van der Waals surface area contributed by atoms with E-state index in [9.17, 15) is 14.7 Å². The zero-order chi connectivity index (χ0) is 18.8. The first kappa shape index (κ1) is 17.4. The van der Waals surface area contributed by atoms with Crippen molar-refractivity contribution in [2.75, 3.05) is 28.1 Å². The molecule has 8 nitrogen and oxygen atoms in total. The number of carboxylic acid groups (broad SMARTS) is 1. The van der Waals surface area contributed by atoms with Gasteiger partial charge in [-0.1, -0.05) is 0 Å². The Morgan fingerprint density at radius 3 is 2.23 bits per heavy atom. The summed E-state index contributed by atoms with van der Waals surface area (Å²) in [6, 6.07) is 4.35. The molecule has 1 aliphatic rings. The lowest BCUT2D eigenvalue weighted by molar-refractivity contribution is 0.0696. The number of ether oxygens (including phenoxy) is 5. The summed E-state index contributed by atoms with van der Waals surface area (Å²) < 4.78 is 26.6.